The third kappa shape index (κ3) is 5.18. The van der Waals surface area contributed by atoms with E-state index in [9.17, 15) is 10.4 Å². The van der Waals surface area contributed by atoms with Gasteiger partial charge in [0.1, 0.15) is 50.2 Å². The van der Waals surface area contributed by atoms with Crippen molar-refractivity contribution in [1.29, 1.82) is 0 Å². The fraction of sp³-hybridized carbons (Fsp3) is 0.619. The second-order valence-corrected chi connectivity index (χ2v) is 9.30. The second kappa shape index (κ2) is 9.24. The van der Waals surface area contributed by atoms with Crippen molar-refractivity contribution in [2.24, 2.45) is 28.9 Å². The molecule has 0 aromatic rings. The van der Waals surface area contributed by atoms with Crippen LogP contribution in [0.1, 0.15) is 39.0 Å². The highest BCUT2D eigenvalue weighted by Gasteiger charge is 2.40. The van der Waals surface area contributed by atoms with E-state index in [0.29, 0.717) is 47.3 Å². The Morgan fingerprint density at radius 2 is 1.39 bits per heavy atom. The van der Waals surface area contributed by atoms with Gasteiger partial charge in [-0.25, -0.2) is 0 Å². The fourth-order valence-electron chi connectivity index (χ4n) is 4.31. The number of hydroxylamine groups is 4. The van der Waals surface area contributed by atoms with Gasteiger partial charge in [0.05, 0.1) is 0 Å². The summed E-state index contributed by atoms with van der Waals surface area (Å²) in [6.07, 6.45) is 6.39. The number of nitrogens with two attached hydrogens (primary N) is 4. The number of quaternary nitrogens is 2. The van der Waals surface area contributed by atoms with Crippen LogP contribution < -0.4 is 33.1 Å². The molecule has 4 heterocycles. The maximum absolute atomic E-state index is 12.9. The smallest absolute Gasteiger partial charge is 0.225 e. The van der Waals surface area contributed by atoms with Gasteiger partial charge in [0.2, 0.25) is 23.0 Å². The molecular weight excluding hydrogens is 432 g/mol. The van der Waals surface area contributed by atoms with E-state index in [0.717, 1.165) is 19.3 Å². The predicted molar refractivity (Wildman–Crippen MR) is 117 cm³/mol. The SMILES string of the molecule is CCCCC(CCC1=C2OCC(N)(N)COC2=C[NH+]1[O-])C1=C2OCC(N)(N)COC2=C[NH+]1[O-]. The molecule has 3 atom stereocenters. The van der Waals surface area contributed by atoms with Crippen LogP contribution in [-0.2, 0) is 18.9 Å². The van der Waals surface area contributed by atoms with Gasteiger partial charge in [-0.05, 0) is 12.8 Å². The Bertz CT molecular complexity index is 896. The minimum absolute atomic E-state index is 0.0297. The predicted octanol–water partition coefficient (Wildman–Crippen LogP) is -2.21. The zero-order valence-corrected chi connectivity index (χ0v) is 18.9. The van der Waals surface area contributed by atoms with Crippen LogP contribution in [0.15, 0.2) is 46.8 Å². The number of unbranched alkanes of at least 4 members (excludes halogenated alkanes) is 1. The Balaban J connectivity index is 1.55. The first-order chi connectivity index (χ1) is 15.6. The first kappa shape index (κ1) is 24.0. The van der Waals surface area contributed by atoms with Crippen LogP contribution in [0.4, 0.5) is 0 Å². The Labute approximate surface area is 192 Å². The summed E-state index contributed by atoms with van der Waals surface area (Å²) >= 11 is 0. The van der Waals surface area contributed by atoms with Crippen LogP contribution in [0.5, 0.6) is 0 Å². The molecule has 0 spiro atoms. The van der Waals surface area contributed by atoms with Crippen LogP contribution in [-0.4, -0.2) is 37.8 Å². The van der Waals surface area contributed by atoms with Gasteiger partial charge in [0, 0.05) is 12.3 Å². The van der Waals surface area contributed by atoms with E-state index in [-0.39, 0.29) is 42.5 Å². The van der Waals surface area contributed by atoms with Gasteiger partial charge in [-0.15, -0.1) is 0 Å². The van der Waals surface area contributed by atoms with Gasteiger partial charge < -0.3 is 62.4 Å². The molecule has 10 N–H and O–H groups in total. The van der Waals surface area contributed by atoms with Gasteiger partial charge in [-0.3, -0.25) is 0 Å². The number of ether oxygens (including phenoxy) is 4. The van der Waals surface area contributed by atoms with Crippen molar-refractivity contribution in [3.8, 4) is 0 Å². The Morgan fingerprint density at radius 1 is 0.848 bits per heavy atom. The zero-order chi connectivity index (χ0) is 23.8. The maximum atomic E-state index is 12.9. The third-order valence-electron chi connectivity index (χ3n) is 6.07. The standard InChI is InChI=1S/C21H34N6O6/c1-2-3-4-13(17-19-16(8-27(17)29)31-10-21(24,25)12-33-19)5-6-14-18-15(7-26(14)28)30-9-20(22,23)11-32-18/h7-8,13,26-27H,2-6,9-12,22-25H2,1H3. The van der Waals surface area contributed by atoms with E-state index in [1.807, 2.05) is 0 Å². The Morgan fingerprint density at radius 3 is 2.03 bits per heavy atom. The number of rotatable bonds is 7. The number of fused-ring (bicyclic) bond motifs is 2. The van der Waals surface area contributed by atoms with E-state index >= 15 is 0 Å². The van der Waals surface area contributed by atoms with Gasteiger partial charge in [0.15, 0.2) is 11.4 Å². The van der Waals surface area contributed by atoms with Gasteiger partial charge in [-0.1, -0.05) is 19.8 Å². The van der Waals surface area contributed by atoms with Crippen LogP contribution in [0, 0.1) is 16.3 Å². The van der Waals surface area contributed by atoms with Gasteiger partial charge >= 0.3 is 0 Å². The maximum Gasteiger partial charge on any atom is 0.225 e. The molecule has 33 heavy (non-hydrogen) atoms. The molecule has 0 saturated carbocycles. The van der Waals surface area contributed by atoms with E-state index in [1.54, 1.807) is 0 Å². The van der Waals surface area contributed by atoms with Crippen molar-refractivity contribution >= 4 is 0 Å². The quantitative estimate of drug-likeness (QED) is 0.177. The van der Waals surface area contributed by atoms with Crippen molar-refractivity contribution in [2.75, 3.05) is 26.4 Å². The first-order valence-corrected chi connectivity index (χ1v) is 11.3. The van der Waals surface area contributed by atoms with E-state index in [4.69, 9.17) is 41.9 Å². The first-order valence-electron chi connectivity index (χ1n) is 11.3. The zero-order valence-electron chi connectivity index (χ0n) is 18.9. The lowest BCUT2D eigenvalue weighted by Crippen LogP contribution is -3.00. The number of hydrogen-bond acceptors (Lipinski definition) is 10. The lowest BCUT2D eigenvalue weighted by molar-refractivity contribution is -0.751. The van der Waals surface area contributed by atoms with Crippen LogP contribution in [0.25, 0.3) is 0 Å². The second-order valence-electron chi connectivity index (χ2n) is 9.30. The number of allylic oxidation sites excluding steroid dienone is 2. The fourth-order valence-corrected chi connectivity index (χ4v) is 4.31. The summed E-state index contributed by atoms with van der Waals surface area (Å²) in [6.45, 7) is 2.23. The topological polar surface area (TPSA) is 196 Å². The van der Waals surface area contributed by atoms with Gasteiger partial charge in [-0.2, -0.15) is 0 Å². The lowest BCUT2D eigenvalue weighted by atomic mass is 9.92. The number of hydrogen-bond donors (Lipinski definition) is 6. The van der Waals surface area contributed by atoms with E-state index in [2.05, 4.69) is 6.92 Å². The molecule has 12 heteroatoms. The van der Waals surface area contributed by atoms with Gasteiger partial charge in [0.25, 0.3) is 0 Å². The molecule has 0 aromatic carbocycles. The minimum Gasteiger partial charge on any atom is -0.624 e. The monoisotopic (exact) mass is 466 g/mol. The molecule has 0 aromatic heterocycles. The van der Waals surface area contributed by atoms with E-state index < -0.39 is 11.3 Å². The summed E-state index contributed by atoms with van der Waals surface area (Å²) in [5.41, 5.74) is 22.6. The van der Waals surface area contributed by atoms with Crippen molar-refractivity contribution < 1.29 is 29.1 Å². The highest BCUT2D eigenvalue weighted by Crippen LogP contribution is 2.33. The molecule has 3 unspecified atom stereocenters. The molecule has 0 radical (unpaired) electrons. The molecule has 0 amide bonds. The van der Waals surface area contributed by atoms with Crippen LogP contribution >= 0.6 is 0 Å². The third-order valence-corrected chi connectivity index (χ3v) is 6.07. The van der Waals surface area contributed by atoms with Crippen LogP contribution in [0.3, 0.4) is 0 Å². The minimum atomic E-state index is -1.14. The molecule has 4 aliphatic rings. The molecule has 4 rings (SSSR count). The Kier molecular flexibility index (Phi) is 6.71. The molecule has 4 aliphatic heterocycles. The molecule has 2 saturated heterocycles. The summed E-state index contributed by atoms with van der Waals surface area (Å²) in [4.78, 5) is 0. The molecular formula is C21H34N6O6. The molecule has 2 fully saturated rings. The molecule has 12 nitrogen and oxygen atoms in total. The van der Waals surface area contributed by atoms with Crippen molar-refractivity contribution in [2.45, 2.75) is 50.4 Å². The molecule has 184 valence electrons. The van der Waals surface area contributed by atoms with Crippen molar-refractivity contribution in [1.82, 2.24) is 0 Å². The van der Waals surface area contributed by atoms with E-state index in [1.165, 1.54) is 12.4 Å². The average Bonchev–Trinajstić information content (AvgIpc) is 3.12. The van der Waals surface area contributed by atoms with Crippen LogP contribution in [0.2, 0.25) is 0 Å². The highest BCUT2D eigenvalue weighted by atomic mass is 16.6. The molecule has 0 bridgehead atoms. The van der Waals surface area contributed by atoms with Crippen molar-refractivity contribution in [3.05, 3.63) is 57.2 Å². The summed E-state index contributed by atoms with van der Waals surface area (Å²) in [5.74, 6) is 1.35. The van der Waals surface area contributed by atoms with Crippen molar-refractivity contribution in [3.63, 3.8) is 0 Å². The summed E-state index contributed by atoms with van der Waals surface area (Å²) in [5, 5.41) is 25.2. The number of nitrogens with one attached hydrogen (secondary N) is 2. The normalized spacial score (nSPS) is 28.8. The Hall–Kier alpha value is -2.16. The summed E-state index contributed by atoms with van der Waals surface area (Å²) in [7, 11) is 0. The highest BCUT2D eigenvalue weighted by molar-refractivity contribution is 5.30. The largest absolute Gasteiger partial charge is 0.624 e. The average molecular weight is 467 g/mol. The lowest BCUT2D eigenvalue weighted by Gasteiger charge is -2.26. The summed E-state index contributed by atoms with van der Waals surface area (Å²) < 4.78 is 22.9. The molecule has 0 aliphatic carbocycles. The summed E-state index contributed by atoms with van der Waals surface area (Å²) in [6, 6.07) is 0.